The van der Waals surface area contributed by atoms with Crippen LogP contribution in [0.25, 0.3) is 0 Å². The summed E-state index contributed by atoms with van der Waals surface area (Å²) >= 11 is 3.40. The zero-order chi connectivity index (χ0) is 20.0. The highest BCUT2D eigenvalue weighted by molar-refractivity contribution is 9.10. The third-order valence-electron chi connectivity index (χ3n) is 5.24. The van der Waals surface area contributed by atoms with Crippen molar-refractivity contribution < 1.29 is 14.4 Å². The van der Waals surface area contributed by atoms with E-state index in [1.807, 2.05) is 48.5 Å². The number of nitrogens with zero attached hydrogens (tertiary/aromatic N) is 3. The van der Waals surface area contributed by atoms with Gasteiger partial charge in [-0.1, -0.05) is 40.2 Å². The van der Waals surface area contributed by atoms with E-state index < -0.39 is 18.1 Å². The number of pyridine rings is 1. The first-order chi connectivity index (χ1) is 14.1. The van der Waals surface area contributed by atoms with E-state index in [-0.39, 0.29) is 11.8 Å². The molecule has 0 spiro atoms. The number of para-hydroxylation sites is 1. The largest absolute Gasteiger partial charge is 0.273 e. The van der Waals surface area contributed by atoms with Gasteiger partial charge in [0.25, 0.3) is 5.91 Å². The number of fused-ring (bicyclic) bond motifs is 1. The topological polar surface area (TPSA) is 62.7 Å². The Bertz CT molecular complexity index is 1080. The minimum Gasteiger partial charge on any atom is -0.273 e. The Labute approximate surface area is 175 Å². The van der Waals surface area contributed by atoms with Crippen molar-refractivity contribution in [2.45, 2.75) is 12.1 Å². The molecule has 2 amide bonds. The molecule has 3 aromatic rings. The van der Waals surface area contributed by atoms with Gasteiger partial charge in [-0.3, -0.25) is 19.4 Å². The first kappa shape index (κ1) is 18.0. The molecular weight excluding hydrogens is 434 g/mol. The molecule has 2 aliphatic heterocycles. The molecule has 29 heavy (non-hydrogen) atoms. The molecule has 0 aliphatic carbocycles. The predicted octanol–water partition coefficient (Wildman–Crippen LogP) is 3.90. The minimum atomic E-state index is -0.875. The summed E-state index contributed by atoms with van der Waals surface area (Å²) in [6.07, 6.45) is 2.48. The van der Waals surface area contributed by atoms with Gasteiger partial charge in [0.05, 0.1) is 17.4 Å². The summed E-state index contributed by atoms with van der Waals surface area (Å²) in [6, 6.07) is 19.9. The third kappa shape index (κ3) is 2.94. The van der Waals surface area contributed by atoms with Crippen molar-refractivity contribution in [2.24, 2.45) is 5.92 Å². The van der Waals surface area contributed by atoms with Crippen LogP contribution in [0.2, 0.25) is 0 Å². The van der Waals surface area contributed by atoms with E-state index in [1.54, 1.807) is 35.7 Å². The highest BCUT2D eigenvalue weighted by atomic mass is 79.9. The lowest BCUT2D eigenvalue weighted by molar-refractivity contribution is -0.126. The Morgan fingerprint density at radius 3 is 2.31 bits per heavy atom. The van der Waals surface area contributed by atoms with Gasteiger partial charge in [0.1, 0.15) is 5.92 Å². The van der Waals surface area contributed by atoms with Crippen molar-refractivity contribution in [3.63, 3.8) is 0 Å². The molecule has 7 heteroatoms. The summed E-state index contributed by atoms with van der Waals surface area (Å²) < 4.78 is 0.796. The number of benzene rings is 2. The first-order valence-electron chi connectivity index (χ1n) is 9.19. The van der Waals surface area contributed by atoms with Crippen LogP contribution in [-0.4, -0.2) is 22.9 Å². The van der Waals surface area contributed by atoms with Gasteiger partial charge in [0.2, 0.25) is 5.91 Å². The van der Waals surface area contributed by atoms with Crippen molar-refractivity contribution in [2.75, 3.05) is 9.96 Å². The van der Waals surface area contributed by atoms with Crippen LogP contribution in [0.3, 0.4) is 0 Å². The second kappa shape index (κ2) is 7.09. The number of hydrogen-bond donors (Lipinski definition) is 0. The number of aromatic nitrogens is 1. The van der Waals surface area contributed by atoms with Gasteiger partial charge in [0.15, 0.2) is 6.10 Å². The summed E-state index contributed by atoms with van der Waals surface area (Å²) in [5.74, 6) is -1.27. The maximum atomic E-state index is 13.4. The molecule has 3 heterocycles. The normalized spacial score (nSPS) is 23.6. The smallest absolute Gasteiger partial charge is 0.266 e. The Morgan fingerprint density at radius 2 is 1.59 bits per heavy atom. The lowest BCUT2D eigenvalue weighted by atomic mass is 9.91. The number of hydrogen-bond acceptors (Lipinski definition) is 5. The minimum absolute atomic E-state index is 0.265. The van der Waals surface area contributed by atoms with Crippen LogP contribution in [0.5, 0.6) is 0 Å². The molecule has 1 aromatic heterocycles. The van der Waals surface area contributed by atoms with E-state index in [2.05, 4.69) is 20.9 Å². The number of halogens is 1. The van der Waals surface area contributed by atoms with Crippen LogP contribution >= 0.6 is 15.9 Å². The molecule has 2 fully saturated rings. The predicted molar refractivity (Wildman–Crippen MR) is 111 cm³/mol. The number of imide groups is 1. The summed E-state index contributed by atoms with van der Waals surface area (Å²) in [5.41, 5.74) is 2.19. The lowest BCUT2D eigenvalue weighted by Gasteiger charge is -2.28. The second-order valence-electron chi connectivity index (χ2n) is 6.93. The first-order valence-corrected chi connectivity index (χ1v) is 9.99. The molecule has 6 nitrogen and oxygen atoms in total. The van der Waals surface area contributed by atoms with Gasteiger partial charge >= 0.3 is 0 Å². The number of rotatable bonds is 3. The molecule has 2 saturated heterocycles. The maximum absolute atomic E-state index is 13.4. The molecule has 3 atom stereocenters. The zero-order valence-electron chi connectivity index (χ0n) is 15.2. The standard InChI is InChI=1S/C22H16BrN3O3/c23-15-5-4-8-17(13-15)25-21(27)18-19(14-9-11-24-12-10-14)26(29-20(18)22(25)28)16-6-2-1-3-7-16/h1-13,18-20H. The Kier molecular flexibility index (Phi) is 4.41. The van der Waals surface area contributed by atoms with Crippen molar-refractivity contribution in [3.05, 3.63) is 89.2 Å². The van der Waals surface area contributed by atoms with Crippen LogP contribution in [0.1, 0.15) is 11.6 Å². The Hall–Kier alpha value is -3.03. The number of carbonyl (C=O) groups excluding carboxylic acids is 2. The van der Waals surface area contributed by atoms with Crippen molar-refractivity contribution >= 4 is 39.1 Å². The van der Waals surface area contributed by atoms with Crippen LogP contribution in [-0.2, 0) is 14.4 Å². The summed E-state index contributed by atoms with van der Waals surface area (Å²) in [4.78, 5) is 38.0. The number of hydroxylamine groups is 1. The SMILES string of the molecule is O=C1C2ON(c3ccccc3)C(c3ccncc3)C2C(=O)N1c1cccc(Br)c1. The number of anilines is 2. The van der Waals surface area contributed by atoms with Gasteiger partial charge in [-0.25, -0.2) is 9.96 Å². The zero-order valence-corrected chi connectivity index (χ0v) is 16.8. The average molecular weight is 450 g/mol. The van der Waals surface area contributed by atoms with E-state index in [4.69, 9.17) is 4.84 Å². The van der Waals surface area contributed by atoms with Gasteiger partial charge < -0.3 is 0 Å². The van der Waals surface area contributed by atoms with Crippen molar-refractivity contribution in [1.29, 1.82) is 0 Å². The Balaban J connectivity index is 1.59. The molecular formula is C22H16BrN3O3. The van der Waals surface area contributed by atoms with E-state index >= 15 is 0 Å². The summed E-state index contributed by atoms with van der Waals surface area (Å²) in [6.45, 7) is 0. The summed E-state index contributed by atoms with van der Waals surface area (Å²) in [7, 11) is 0. The fourth-order valence-corrected chi connectivity index (χ4v) is 4.37. The van der Waals surface area contributed by atoms with Gasteiger partial charge in [-0.2, -0.15) is 0 Å². The molecule has 2 aliphatic rings. The number of amides is 2. The van der Waals surface area contributed by atoms with E-state index in [0.29, 0.717) is 5.69 Å². The van der Waals surface area contributed by atoms with E-state index in [9.17, 15) is 9.59 Å². The van der Waals surface area contributed by atoms with Crippen LogP contribution in [0.4, 0.5) is 11.4 Å². The fraction of sp³-hybridized carbons (Fsp3) is 0.136. The molecule has 0 N–H and O–H groups in total. The molecule has 2 aromatic carbocycles. The van der Waals surface area contributed by atoms with Gasteiger partial charge in [-0.05, 0) is 48.0 Å². The highest BCUT2D eigenvalue weighted by Gasteiger charge is 2.60. The quantitative estimate of drug-likeness (QED) is 0.567. The fourth-order valence-electron chi connectivity index (χ4n) is 3.98. The van der Waals surface area contributed by atoms with Crippen molar-refractivity contribution in [3.8, 4) is 0 Å². The van der Waals surface area contributed by atoms with E-state index in [1.165, 1.54) is 4.90 Å². The molecule has 5 rings (SSSR count). The monoisotopic (exact) mass is 449 g/mol. The summed E-state index contributed by atoms with van der Waals surface area (Å²) in [5, 5.41) is 1.68. The highest BCUT2D eigenvalue weighted by Crippen LogP contribution is 2.47. The second-order valence-corrected chi connectivity index (χ2v) is 7.85. The third-order valence-corrected chi connectivity index (χ3v) is 5.73. The molecule has 0 radical (unpaired) electrons. The average Bonchev–Trinajstić information content (AvgIpc) is 3.26. The number of carbonyl (C=O) groups is 2. The van der Waals surface area contributed by atoms with E-state index in [0.717, 1.165) is 15.7 Å². The Morgan fingerprint density at radius 1 is 0.862 bits per heavy atom. The molecule has 144 valence electrons. The molecule has 0 saturated carbocycles. The maximum Gasteiger partial charge on any atom is 0.266 e. The van der Waals surface area contributed by atoms with Gasteiger partial charge in [0, 0.05) is 16.9 Å². The van der Waals surface area contributed by atoms with Gasteiger partial charge in [-0.15, -0.1) is 0 Å². The molecule has 3 unspecified atom stereocenters. The molecule has 0 bridgehead atoms. The van der Waals surface area contributed by atoms with Crippen LogP contribution in [0, 0.1) is 5.92 Å². The lowest BCUT2D eigenvalue weighted by Crippen LogP contribution is -2.37. The van der Waals surface area contributed by atoms with Crippen LogP contribution < -0.4 is 9.96 Å². The van der Waals surface area contributed by atoms with Crippen LogP contribution in [0.15, 0.2) is 83.6 Å². The van der Waals surface area contributed by atoms with Crippen molar-refractivity contribution in [1.82, 2.24) is 4.98 Å².